The molecule has 1 rings (SSSR count). The van der Waals surface area contributed by atoms with Gasteiger partial charge in [0.25, 0.3) is 0 Å². The van der Waals surface area contributed by atoms with Crippen LogP contribution in [0.2, 0.25) is 0 Å². The van der Waals surface area contributed by atoms with Gasteiger partial charge in [-0.15, -0.1) is 0 Å². The molecule has 1 aromatic heterocycles. The van der Waals surface area contributed by atoms with Crippen LogP contribution in [0.4, 0.5) is 0 Å². The predicted molar refractivity (Wildman–Crippen MR) is 43.6 cm³/mol. The Labute approximate surface area is 61.4 Å². The first-order valence-corrected chi connectivity index (χ1v) is 3.34. The van der Waals surface area contributed by atoms with Crippen LogP contribution in [-0.4, -0.2) is 4.98 Å². The van der Waals surface area contributed by atoms with E-state index >= 15 is 0 Å². The van der Waals surface area contributed by atoms with Crippen molar-refractivity contribution in [3.63, 3.8) is 0 Å². The summed E-state index contributed by atoms with van der Waals surface area (Å²) in [6.07, 6.45) is 5.74. The molecule has 0 aromatic carbocycles. The van der Waals surface area contributed by atoms with Crippen molar-refractivity contribution in [2.45, 2.75) is 13.8 Å². The second kappa shape index (κ2) is 3.16. The Morgan fingerprint density at radius 1 is 1.50 bits per heavy atom. The van der Waals surface area contributed by atoms with Crippen molar-refractivity contribution >= 4 is 6.08 Å². The van der Waals surface area contributed by atoms with E-state index in [0.29, 0.717) is 0 Å². The van der Waals surface area contributed by atoms with Gasteiger partial charge in [0.15, 0.2) is 0 Å². The Kier molecular flexibility index (Phi) is 2.21. The van der Waals surface area contributed by atoms with Crippen molar-refractivity contribution in [3.05, 3.63) is 35.7 Å². The molecule has 10 heavy (non-hydrogen) atoms. The Morgan fingerprint density at radius 3 is 2.80 bits per heavy atom. The van der Waals surface area contributed by atoms with Crippen molar-refractivity contribution in [2.75, 3.05) is 0 Å². The van der Waals surface area contributed by atoms with Gasteiger partial charge < -0.3 is 0 Å². The molecule has 0 saturated heterocycles. The molecule has 0 aliphatic heterocycles. The van der Waals surface area contributed by atoms with Gasteiger partial charge >= 0.3 is 0 Å². The molecule has 0 N–H and O–H groups in total. The number of hydrogen-bond donors (Lipinski definition) is 0. The largest absolute Gasteiger partial charge is 0.264 e. The molecule has 1 nitrogen and oxygen atoms in total. The first kappa shape index (κ1) is 7.00. The lowest BCUT2D eigenvalue weighted by molar-refractivity contribution is 1.31. The summed E-state index contributed by atoms with van der Waals surface area (Å²) in [4.78, 5) is 3.99. The third-order valence-corrected chi connectivity index (χ3v) is 1.14. The summed E-state index contributed by atoms with van der Waals surface area (Å²) in [5.41, 5.74) is 2.47. The second-order valence-corrected chi connectivity index (χ2v) is 2.51. The van der Waals surface area contributed by atoms with E-state index in [2.05, 4.69) is 24.9 Å². The SMILES string of the molecule is CC(C)=Cc1cccnc1. The van der Waals surface area contributed by atoms with Crippen LogP contribution in [0.25, 0.3) is 6.08 Å². The number of rotatable bonds is 1. The number of nitrogens with zero attached hydrogens (tertiary/aromatic N) is 1. The lowest BCUT2D eigenvalue weighted by Crippen LogP contribution is -1.73. The monoisotopic (exact) mass is 133 g/mol. The van der Waals surface area contributed by atoms with Crippen LogP contribution in [0.3, 0.4) is 0 Å². The highest BCUT2D eigenvalue weighted by Gasteiger charge is 1.83. The van der Waals surface area contributed by atoms with E-state index in [1.54, 1.807) is 6.20 Å². The quantitative estimate of drug-likeness (QED) is 0.573. The molecule has 0 saturated carbocycles. The van der Waals surface area contributed by atoms with Crippen LogP contribution in [0.5, 0.6) is 0 Å². The molecule has 0 aliphatic rings. The summed E-state index contributed by atoms with van der Waals surface area (Å²) in [5.74, 6) is 0. The number of pyridine rings is 1. The molecule has 0 atom stereocenters. The summed E-state index contributed by atoms with van der Waals surface area (Å²) in [5, 5.41) is 0. The standard InChI is InChI=1S/C9H11N/c1-8(2)6-9-4-3-5-10-7-9/h3-7H,1-2H3. The minimum absolute atomic E-state index is 1.17. The lowest BCUT2D eigenvalue weighted by atomic mass is 10.2. The fourth-order valence-corrected chi connectivity index (χ4v) is 0.795. The Bertz CT molecular complexity index is 220. The summed E-state index contributed by atoms with van der Waals surface area (Å²) in [7, 11) is 0. The fraction of sp³-hybridized carbons (Fsp3) is 0.222. The summed E-state index contributed by atoms with van der Waals surface area (Å²) in [6, 6.07) is 3.98. The highest BCUT2D eigenvalue weighted by molar-refractivity contribution is 5.50. The first-order valence-electron chi connectivity index (χ1n) is 3.34. The zero-order chi connectivity index (χ0) is 7.40. The molecule has 52 valence electrons. The first-order chi connectivity index (χ1) is 4.79. The van der Waals surface area contributed by atoms with Gasteiger partial charge in [-0.05, 0) is 25.5 Å². The number of hydrogen-bond acceptors (Lipinski definition) is 1. The molecule has 0 radical (unpaired) electrons. The maximum atomic E-state index is 3.99. The summed E-state index contributed by atoms with van der Waals surface area (Å²) < 4.78 is 0. The molecule has 0 fully saturated rings. The fourth-order valence-electron chi connectivity index (χ4n) is 0.795. The smallest absolute Gasteiger partial charge is 0.0340 e. The summed E-state index contributed by atoms with van der Waals surface area (Å²) >= 11 is 0. The third kappa shape index (κ3) is 2.02. The normalized spacial score (nSPS) is 9.00. The average molecular weight is 133 g/mol. The van der Waals surface area contributed by atoms with Gasteiger partial charge in [-0.1, -0.05) is 17.7 Å². The topological polar surface area (TPSA) is 12.9 Å². The van der Waals surface area contributed by atoms with Gasteiger partial charge in [-0.25, -0.2) is 0 Å². The van der Waals surface area contributed by atoms with E-state index in [0.717, 1.165) is 0 Å². The van der Waals surface area contributed by atoms with Crippen LogP contribution in [0.15, 0.2) is 30.1 Å². The van der Waals surface area contributed by atoms with Crippen molar-refractivity contribution in [3.8, 4) is 0 Å². The van der Waals surface area contributed by atoms with Crippen LogP contribution < -0.4 is 0 Å². The van der Waals surface area contributed by atoms with Gasteiger partial charge in [0, 0.05) is 12.4 Å². The highest BCUT2D eigenvalue weighted by atomic mass is 14.6. The maximum absolute atomic E-state index is 3.99. The van der Waals surface area contributed by atoms with Gasteiger partial charge in [-0.2, -0.15) is 0 Å². The van der Waals surface area contributed by atoms with Crippen molar-refractivity contribution < 1.29 is 0 Å². The zero-order valence-corrected chi connectivity index (χ0v) is 6.33. The molecule has 0 amide bonds. The molecule has 1 heteroatoms. The molecule has 0 spiro atoms. The van der Waals surface area contributed by atoms with Crippen LogP contribution >= 0.6 is 0 Å². The average Bonchev–Trinajstić information content (AvgIpc) is 1.88. The Morgan fingerprint density at radius 2 is 2.30 bits per heavy atom. The van der Waals surface area contributed by atoms with Crippen LogP contribution in [0, 0.1) is 0 Å². The lowest BCUT2D eigenvalue weighted by Gasteiger charge is -1.90. The van der Waals surface area contributed by atoms with Crippen molar-refractivity contribution in [2.24, 2.45) is 0 Å². The minimum Gasteiger partial charge on any atom is -0.264 e. The van der Waals surface area contributed by atoms with Gasteiger partial charge in [0.05, 0.1) is 0 Å². The predicted octanol–water partition coefficient (Wildman–Crippen LogP) is 2.50. The van der Waals surface area contributed by atoms with Gasteiger partial charge in [0.1, 0.15) is 0 Å². The van der Waals surface area contributed by atoms with Crippen molar-refractivity contribution in [1.82, 2.24) is 4.98 Å². The van der Waals surface area contributed by atoms with E-state index in [1.807, 2.05) is 18.3 Å². The summed E-state index contributed by atoms with van der Waals surface area (Å²) in [6.45, 7) is 4.15. The molecule has 0 unspecified atom stereocenters. The Balaban J connectivity index is 2.87. The van der Waals surface area contributed by atoms with E-state index in [1.165, 1.54) is 11.1 Å². The highest BCUT2D eigenvalue weighted by Crippen LogP contribution is 2.02. The van der Waals surface area contributed by atoms with E-state index in [9.17, 15) is 0 Å². The van der Waals surface area contributed by atoms with Crippen LogP contribution in [-0.2, 0) is 0 Å². The van der Waals surface area contributed by atoms with Crippen molar-refractivity contribution in [1.29, 1.82) is 0 Å². The zero-order valence-electron chi connectivity index (χ0n) is 6.33. The minimum atomic E-state index is 1.17. The van der Waals surface area contributed by atoms with E-state index < -0.39 is 0 Å². The Hall–Kier alpha value is -1.11. The number of allylic oxidation sites excluding steroid dienone is 1. The molecular weight excluding hydrogens is 122 g/mol. The second-order valence-electron chi connectivity index (χ2n) is 2.51. The molecule has 0 bridgehead atoms. The number of aromatic nitrogens is 1. The molecule has 1 aromatic rings. The third-order valence-electron chi connectivity index (χ3n) is 1.14. The van der Waals surface area contributed by atoms with E-state index in [-0.39, 0.29) is 0 Å². The maximum Gasteiger partial charge on any atom is 0.0340 e. The van der Waals surface area contributed by atoms with Gasteiger partial charge in [-0.3, -0.25) is 4.98 Å². The molecule has 1 heterocycles. The van der Waals surface area contributed by atoms with Crippen LogP contribution in [0.1, 0.15) is 19.4 Å². The molecular formula is C9H11N. The molecule has 0 aliphatic carbocycles. The van der Waals surface area contributed by atoms with Gasteiger partial charge in [0.2, 0.25) is 0 Å². The van der Waals surface area contributed by atoms with E-state index in [4.69, 9.17) is 0 Å².